The minimum atomic E-state index is -0.432. The van der Waals surface area contributed by atoms with Gasteiger partial charge in [0.1, 0.15) is 6.61 Å². The number of benzene rings is 2. The standard InChI is InChI=1S/C29H34N2O3S/c1-5-35-16-15-34-29(33)26-19(2)30-24-17-22(20-9-7-6-8-10-20)18-25(32)28(24)27(26)21-11-13-23(14-12-21)31(3)4/h6-14,22,27,30H,5,15-18H2,1-4H3/t22-,27+/m0/s1. The van der Waals surface area contributed by atoms with Crippen molar-refractivity contribution in [1.82, 2.24) is 5.32 Å². The maximum absolute atomic E-state index is 13.7. The molecule has 0 aromatic heterocycles. The van der Waals surface area contributed by atoms with E-state index in [0.717, 1.165) is 40.6 Å². The average Bonchev–Trinajstić information content (AvgIpc) is 2.86. The van der Waals surface area contributed by atoms with Gasteiger partial charge in [-0.15, -0.1) is 0 Å². The van der Waals surface area contributed by atoms with Crippen molar-refractivity contribution in [3.63, 3.8) is 0 Å². The number of carbonyl (C=O) groups excluding carboxylic acids is 2. The largest absolute Gasteiger partial charge is 0.461 e. The molecule has 0 saturated heterocycles. The van der Waals surface area contributed by atoms with E-state index in [2.05, 4.69) is 24.4 Å². The second kappa shape index (κ2) is 11.2. The fourth-order valence-corrected chi connectivity index (χ4v) is 5.47. The van der Waals surface area contributed by atoms with E-state index in [4.69, 9.17) is 4.74 Å². The summed E-state index contributed by atoms with van der Waals surface area (Å²) in [5.41, 5.74) is 6.10. The van der Waals surface area contributed by atoms with E-state index in [0.29, 0.717) is 24.2 Å². The van der Waals surface area contributed by atoms with E-state index < -0.39 is 5.92 Å². The Morgan fingerprint density at radius 1 is 1.06 bits per heavy atom. The number of anilines is 1. The van der Waals surface area contributed by atoms with Crippen LogP contribution < -0.4 is 10.2 Å². The highest BCUT2D eigenvalue weighted by Gasteiger charge is 2.41. The summed E-state index contributed by atoms with van der Waals surface area (Å²) in [5, 5.41) is 3.43. The van der Waals surface area contributed by atoms with Crippen molar-refractivity contribution in [2.45, 2.75) is 38.5 Å². The molecule has 0 radical (unpaired) electrons. The van der Waals surface area contributed by atoms with Gasteiger partial charge in [-0.05, 0) is 48.3 Å². The van der Waals surface area contributed by atoms with Gasteiger partial charge in [0, 0.05) is 54.8 Å². The first-order chi connectivity index (χ1) is 16.9. The molecule has 2 atom stereocenters. The van der Waals surface area contributed by atoms with Crippen LogP contribution in [0.15, 0.2) is 77.1 Å². The Hall–Kier alpha value is -2.99. The number of Topliss-reactive ketones (excluding diaryl/α,β-unsaturated/α-hetero) is 1. The lowest BCUT2D eigenvalue weighted by molar-refractivity contribution is -0.138. The molecule has 0 unspecified atom stereocenters. The van der Waals surface area contributed by atoms with Crippen LogP contribution in [0, 0.1) is 0 Å². The number of esters is 1. The maximum Gasteiger partial charge on any atom is 0.336 e. The van der Waals surface area contributed by atoms with Crippen molar-refractivity contribution in [3.8, 4) is 0 Å². The van der Waals surface area contributed by atoms with E-state index in [-0.39, 0.29) is 17.7 Å². The molecule has 1 heterocycles. The van der Waals surface area contributed by atoms with Gasteiger partial charge >= 0.3 is 5.97 Å². The number of allylic oxidation sites excluding steroid dienone is 3. The number of ketones is 1. The molecular formula is C29H34N2O3S. The summed E-state index contributed by atoms with van der Waals surface area (Å²) in [6, 6.07) is 18.3. The SMILES string of the molecule is CCSCCOC(=O)C1=C(C)NC2=C(C(=O)C[C@@H](c3ccccc3)C2)[C@@H]1c1ccc(N(C)C)cc1. The molecule has 5 nitrogen and oxygen atoms in total. The highest BCUT2D eigenvalue weighted by atomic mass is 32.2. The Labute approximate surface area is 212 Å². The topological polar surface area (TPSA) is 58.6 Å². The van der Waals surface area contributed by atoms with E-state index in [1.165, 1.54) is 5.56 Å². The molecule has 0 bridgehead atoms. The third-order valence-electron chi connectivity index (χ3n) is 6.73. The van der Waals surface area contributed by atoms with E-state index in [9.17, 15) is 9.59 Å². The summed E-state index contributed by atoms with van der Waals surface area (Å²) in [5.74, 6) is 1.17. The number of dihydropyridines is 1. The Bertz CT molecular complexity index is 1140. The third kappa shape index (κ3) is 5.48. The van der Waals surface area contributed by atoms with Gasteiger partial charge in [-0.3, -0.25) is 4.79 Å². The molecule has 1 aliphatic heterocycles. The quantitative estimate of drug-likeness (QED) is 0.394. The molecule has 1 aliphatic carbocycles. The van der Waals surface area contributed by atoms with Crippen LogP contribution in [-0.2, 0) is 14.3 Å². The first-order valence-corrected chi connectivity index (χ1v) is 13.4. The van der Waals surface area contributed by atoms with Crippen molar-refractivity contribution < 1.29 is 14.3 Å². The second-order valence-corrected chi connectivity index (χ2v) is 10.6. The lowest BCUT2D eigenvalue weighted by Gasteiger charge is -2.36. The molecule has 1 N–H and O–H groups in total. The minimum Gasteiger partial charge on any atom is -0.461 e. The fourth-order valence-electron chi connectivity index (χ4n) is 4.98. The van der Waals surface area contributed by atoms with Crippen molar-refractivity contribution in [3.05, 3.63) is 88.3 Å². The van der Waals surface area contributed by atoms with Crippen LogP contribution in [-0.4, -0.2) is 44.0 Å². The number of hydrogen-bond donors (Lipinski definition) is 1. The molecule has 4 rings (SSSR count). The summed E-state index contributed by atoms with van der Waals surface area (Å²) in [6.07, 6.45) is 1.18. The Kier molecular flexibility index (Phi) is 8.01. The van der Waals surface area contributed by atoms with Gasteiger partial charge in [-0.1, -0.05) is 49.4 Å². The normalized spacial score (nSPS) is 19.8. The number of carbonyl (C=O) groups is 2. The van der Waals surface area contributed by atoms with Crippen LogP contribution in [0.2, 0.25) is 0 Å². The third-order valence-corrected chi connectivity index (χ3v) is 7.59. The number of ether oxygens (including phenoxy) is 1. The van der Waals surface area contributed by atoms with Crippen LogP contribution >= 0.6 is 11.8 Å². The van der Waals surface area contributed by atoms with Gasteiger partial charge in [0.15, 0.2) is 5.78 Å². The van der Waals surface area contributed by atoms with E-state index >= 15 is 0 Å². The van der Waals surface area contributed by atoms with Crippen molar-refractivity contribution in [2.75, 3.05) is 37.1 Å². The molecular weight excluding hydrogens is 456 g/mol. The minimum absolute atomic E-state index is 0.0913. The molecule has 0 fully saturated rings. The summed E-state index contributed by atoms with van der Waals surface area (Å²) >= 11 is 1.74. The Morgan fingerprint density at radius 3 is 2.43 bits per heavy atom. The van der Waals surface area contributed by atoms with Gasteiger partial charge in [0.05, 0.1) is 5.57 Å². The molecule has 0 amide bonds. The second-order valence-electron chi connectivity index (χ2n) is 9.25. The fraction of sp³-hybridized carbons (Fsp3) is 0.379. The molecule has 184 valence electrons. The van der Waals surface area contributed by atoms with Crippen molar-refractivity contribution in [1.29, 1.82) is 0 Å². The van der Waals surface area contributed by atoms with Crippen LogP contribution in [0.25, 0.3) is 0 Å². The zero-order chi connectivity index (χ0) is 24.9. The summed E-state index contributed by atoms with van der Waals surface area (Å²) < 4.78 is 5.67. The Morgan fingerprint density at radius 2 is 1.77 bits per heavy atom. The first-order valence-electron chi connectivity index (χ1n) is 12.2. The molecule has 0 spiro atoms. The van der Waals surface area contributed by atoms with Gasteiger partial charge in [-0.25, -0.2) is 4.79 Å². The zero-order valence-electron chi connectivity index (χ0n) is 21.0. The van der Waals surface area contributed by atoms with Crippen molar-refractivity contribution >= 4 is 29.2 Å². The van der Waals surface area contributed by atoms with Gasteiger partial charge < -0.3 is 15.0 Å². The smallest absolute Gasteiger partial charge is 0.336 e. The van der Waals surface area contributed by atoms with Gasteiger partial charge in [0.25, 0.3) is 0 Å². The molecule has 2 aromatic carbocycles. The molecule has 35 heavy (non-hydrogen) atoms. The number of rotatable bonds is 8. The number of thioether (sulfide) groups is 1. The number of hydrogen-bond acceptors (Lipinski definition) is 6. The van der Waals surface area contributed by atoms with Gasteiger partial charge in [0.2, 0.25) is 0 Å². The Balaban J connectivity index is 1.72. The number of nitrogens with one attached hydrogen (secondary N) is 1. The molecule has 6 heteroatoms. The summed E-state index contributed by atoms with van der Waals surface area (Å²) in [6.45, 7) is 4.36. The van der Waals surface area contributed by atoms with Crippen LogP contribution in [0.5, 0.6) is 0 Å². The predicted octanol–water partition coefficient (Wildman–Crippen LogP) is 5.41. The number of nitrogens with zero attached hydrogens (tertiary/aromatic N) is 1. The molecule has 2 aliphatic rings. The van der Waals surface area contributed by atoms with Gasteiger partial charge in [-0.2, -0.15) is 11.8 Å². The molecule has 2 aromatic rings. The van der Waals surface area contributed by atoms with E-state index in [1.807, 2.05) is 68.4 Å². The zero-order valence-corrected chi connectivity index (χ0v) is 21.8. The van der Waals surface area contributed by atoms with Crippen LogP contribution in [0.4, 0.5) is 5.69 Å². The lowest BCUT2D eigenvalue weighted by Crippen LogP contribution is -2.36. The lowest BCUT2D eigenvalue weighted by atomic mass is 9.71. The highest BCUT2D eigenvalue weighted by molar-refractivity contribution is 7.99. The highest BCUT2D eigenvalue weighted by Crippen LogP contribution is 2.45. The summed E-state index contributed by atoms with van der Waals surface area (Å²) in [7, 11) is 3.99. The summed E-state index contributed by atoms with van der Waals surface area (Å²) in [4.78, 5) is 29.0. The predicted molar refractivity (Wildman–Crippen MR) is 144 cm³/mol. The monoisotopic (exact) mass is 490 g/mol. The van der Waals surface area contributed by atoms with Crippen molar-refractivity contribution in [2.24, 2.45) is 0 Å². The molecule has 0 saturated carbocycles. The maximum atomic E-state index is 13.7. The van der Waals surface area contributed by atoms with Crippen LogP contribution in [0.1, 0.15) is 49.7 Å². The first kappa shape index (κ1) is 25.1. The van der Waals surface area contributed by atoms with E-state index in [1.54, 1.807) is 11.8 Å². The average molecular weight is 491 g/mol. The van der Waals surface area contributed by atoms with Crippen LogP contribution in [0.3, 0.4) is 0 Å².